The van der Waals surface area contributed by atoms with Crippen LogP contribution in [-0.4, -0.2) is 36.9 Å². The van der Waals surface area contributed by atoms with Crippen molar-refractivity contribution in [3.8, 4) is 0 Å². The van der Waals surface area contributed by atoms with E-state index in [-0.39, 0.29) is 18.6 Å². The van der Waals surface area contributed by atoms with Gasteiger partial charge in [-0.05, 0) is 25.2 Å². The molecule has 0 bridgehead atoms. The van der Waals surface area contributed by atoms with Crippen LogP contribution in [0.1, 0.15) is 32.6 Å². The summed E-state index contributed by atoms with van der Waals surface area (Å²) in [7, 11) is 0. The summed E-state index contributed by atoms with van der Waals surface area (Å²) < 4.78 is 5.28. The third-order valence-electron chi connectivity index (χ3n) is 2.90. The topological polar surface area (TPSA) is 58.6 Å². The normalized spacial score (nSPS) is 22.7. The zero-order valence-corrected chi connectivity index (χ0v) is 9.37. The largest absolute Gasteiger partial charge is 0.396 e. The lowest BCUT2D eigenvalue weighted by Gasteiger charge is -2.16. The van der Waals surface area contributed by atoms with Crippen LogP contribution in [0.4, 0.5) is 0 Å². The minimum atomic E-state index is -0.239. The molecule has 0 aromatic heterocycles. The lowest BCUT2D eigenvalue weighted by molar-refractivity contribution is -0.130. The van der Waals surface area contributed by atoms with E-state index >= 15 is 0 Å². The van der Waals surface area contributed by atoms with Crippen LogP contribution in [0.5, 0.6) is 0 Å². The monoisotopic (exact) mass is 215 g/mol. The molecule has 1 saturated heterocycles. The molecule has 1 aliphatic rings. The van der Waals surface area contributed by atoms with E-state index in [0.29, 0.717) is 19.1 Å². The standard InChI is InChI=1S/C11H21NO3/c1-2-9(5-6-13)8-12-11(14)10-4-3-7-15-10/h9-10,13H,2-8H2,1H3,(H,12,14)/t9?,10-/m1/s1. The van der Waals surface area contributed by atoms with Crippen molar-refractivity contribution < 1.29 is 14.6 Å². The molecular formula is C11H21NO3. The maximum Gasteiger partial charge on any atom is 0.249 e. The summed E-state index contributed by atoms with van der Waals surface area (Å²) in [6.07, 6.45) is 3.31. The second kappa shape index (κ2) is 6.80. The van der Waals surface area contributed by atoms with E-state index in [1.54, 1.807) is 0 Å². The Morgan fingerprint density at radius 3 is 3.00 bits per heavy atom. The predicted octanol–water partition coefficient (Wildman–Crippen LogP) is 0.690. The second-order valence-corrected chi connectivity index (χ2v) is 4.03. The summed E-state index contributed by atoms with van der Waals surface area (Å²) in [5.41, 5.74) is 0. The van der Waals surface area contributed by atoms with Crippen molar-refractivity contribution in [1.82, 2.24) is 5.32 Å². The quantitative estimate of drug-likeness (QED) is 0.685. The molecule has 0 spiro atoms. The zero-order chi connectivity index (χ0) is 11.1. The molecule has 1 aliphatic heterocycles. The first-order chi connectivity index (χ1) is 7.27. The number of hydrogen-bond donors (Lipinski definition) is 2. The molecule has 0 radical (unpaired) electrons. The lowest BCUT2D eigenvalue weighted by Crippen LogP contribution is -2.37. The fourth-order valence-corrected chi connectivity index (χ4v) is 1.78. The summed E-state index contributed by atoms with van der Waals surface area (Å²) in [5, 5.41) is 11.7. The van der Waals surface area contributed by atoms with Gasteiger partial charge in [-0.15, -0.1) is 0 Å². The van der Waals surface area contributed by atoms with Gasteiger partial charge in [0.15, 0.2) is 0 Å². The number of carbonyl (C=O) groups excluding carboxylic acids is 1. The Morgan fingerprint density at radius 2 is 2.47 bits per heavy atom. The van der Waals surface area contributed by atoms with Gasteiger partial charge in [0.25, 0.3) is 0 Å². The molecule has 0 aromatic rings. The zero-order valence-electron chi connectivity index (χ0n) is 9.37. The van der Waals surface area contributed by atoms with Gasteiger partial charge in [-0.2, -0.15) is 0 Å². The third kappa shape index (κ3) is 4.18. The molecule has 2 atom stereocenters. The van der Waals surface area contributed by atoms with Crippen molar-refractivity contribution >= 4 is 5.91 Å². The highest BCUT2D eigenvalue weighted by molar-refractivity contribution is 5.80. The minimum Gasteiger partial charge on any atom is -0.396 e. The van der Waals surface area contributed by atoms with Gasteiger partial charge in [0, 0.05) is 19.8 Å². The molecule has 1 fully saturated rings. The van der Waals surface area contributed by atoms with Gasteiger partial charge < -0.3 is 15.2 Å². The molecular weight excluding hydrogens is 194 g/mol. The average Bonchev–Trinajstić information content (AvgIpc) is 2.77. The number of aliphatic hydroxyl groups is 1. The van der Waals surface area contributed by atoms with Crippen molar-refractivity contribution in [1.29, 1.82) is 0 Å². The van der Waals surface area contributed by atoms with Crippen molar-refractivity contribution in [2.75, 3.05) is 19.8 Å². The van der Waals surface area contributed by atoms with Gasteiger partial charge in [0.1, 0.15) is 6.10 Å². The Hall–Kier alpha value is -0.610. The highest BCUT2D eigenvalue weighted by atomic mass is 16.5. The van der Waals surface area contributed by atoms with E-state index in [2.05, 4.69) is 12.2 Å². The van der Waals surface area contributed by atoms with Crippen LogP contribution in [0.15, 0.2) is 0 Å². The van der Waals surface area contributed by atoms with Crippen LogP contribution >= 0.6 is 0 Å². The maximum absolute atomic E-state index is 11.6. The van der Waals surface area contributed by atoms with Crippen molar-refractivity contribution in [2.45, 2.75) is 38.7 Å². The SMILES string of the molecule is CCC(CCO)CNC(=O)[C@H]1CCCO1. The van der Waals surface area contributed by atoms with Crippen molar-refractivity contribution in [2.24, 2.45) is 5.92 Å². The molecule has 0 aliphatic carbocycles. The van der Waals surface area contributed by atoms with Crippen molar-refractivity contribution in [3.05, 3.63) is 0 Å². The summed E-state index contributed by atoms with van der Waals surface area (Å²) in [5.74, 6) is 0.379. The van der Waals surface area contributed by atoms with Crippen LogP contribution in [0.25, 0.3) is 0 Å². The van der Waals surface area contributed by atoms with Crippen LogP contribution < -0.4 is 5.32 Å². The molecule has 0 saturated carbocycles. The molecule has 1 rings (SSSR count). The Kier molecular flexibility index (Phi) is 5.65. The van der Waals surface area contributed by atoms with E-state index < -0.39 is 0 Å². The lowest BCUT2D eigenvalue weighted by atomic mass is 10.0. The smallest absolute Gasteiger partial charge is 0.249 e. The molecule has 88 valence electrons. The first-order valence-corrected chi connectivity index (χ1v) is 5.78. The Labute approximate surface area is 91.0 Å². The Morgan fingerprint density at radius 1 is 1.67 bits per heavy atom. The van der Waals surface area contributed by atoms with E-state index in [0.717, 1.165) is 25.7 Å². The van der Waals surface area contributed by atoms with Crippen LogP contribution in [0.3, 0.4) is 0 Å². The maximum atomic E-state index is 11.6. The number of amides is 1. The number of aliphatic hydroxyl groups excluding tert-OH is 1. The Bertz CT molecular complexity index is 190. The summed E-state index contributed by atoms with van der Waals surface area (Å²) >= 11 is 0. The van der Waals surface area contributed by atoms with Crippen LogP contribution in [-0.2, 0) is 9.53 Å². The van der Waals surface area contributed by atoms with Gasteiger partial charge in [0.05, 0.1) is 0 Å². The van der Waals surface area contributed by atoms with E-state index in [1.165, 1.54) is 0 Å². The minimum absolute atomic E-state index is 0.00360. The summed E-state index contributed by atoms with van der Waals surface area (Å²) in [6, 6.07) is 0. The third-order valence-corrected chi connectivity index (χ3v) is 2.90. The van der Waals surface area contributed by atoms with E-state index in [1.807, 2.05) is 0 Å². The molecule has 4 nitrogen and oxygen atoms in total. The number of carbonyl (C=O) groups is 1. The predicted molar refractivity (Wildman–Crippen MR) is 57.5 cm³/mol. The number of ether oxygens (including phenoxy) is 1. The number of nitrogens with one attached hydrogen (secondary N) is 1. The highest BCUT2D eigenvalue weighted by Crippen LogP contribution is 2.12. The van der Waals surface area contributed by atoms with Gasteiger partial charge in [0.2, 0.25) is 5.91 Å². The van der Waals surface area contributed by atoms with Gasteiger partial charge in [-0.25, -0.2) is 0 Å². The van der Waals surface area contributed by atoms with Gasteiger partial charge in [-0.1, -0.05) is 13.3 Å². The fraction of sp³-hybridized carbons (Fsp3) is 0.909. The number of hydrogen-bond acceptors (Lipinski definition) is 3. The molecule has 0 aromatic carbocycles. The highest BCUT2D eigenvalue weighted by Gasteiger charge is 2.23. The first kappa shape index (κ1) is 12.5. The average molecular weight is 215 g/mol. The summed E-state index contributed by atoms with van der Waals surface area (Å²) in [6.45, 7) is 3.61. The van der Waals surface area contributed by atoms with Crippen molar-refractivity contribution in [3.63, 3.8) is 0 Å². The van der Waals surface area contributed by atoms with E-state index in [4.69, 9.17) is 9.84 Å². The molecule has 1 unspecified atom stereocenters. The Balaban J connectivity index is 2.19. The second-order valence-electron chi connectivity index (χ2n) is 4.03. The van der Waals surface area contributed by atoms with E-state index in [9.17, 15) is 4.79 Å². The van der Waals surface area contributed by atoms with Gasteiger partial charge in [-0.3, -0.25) is 4.79 Å². The summed E-state index contributed by atoms with van der Waals surface area (Å²) in [4.78, 5) is 11.6. The number of rotatable bonds is 6. The molecule has 1 heterocycles. The fourth-order valence-electron chi connectivity index (χ4n) is 1.78. The molecule has 4 heteroatoms. The molecule has 2 N–H and O–H groups in total. The molecule has 15 heavy (non-hydrogen) atoms. The van der Waals surface area contributed by atoms with Crippen LogP contribution in [0, 0.1) is 5.92 Å². The molecule has 1 amide bonds. The van der Waals surface area contributed by atoms with Crippen LogP contribution in [0.2, 0.25) is 0 Å². The first-order valence-electron chi connectivity index (χ1n) is 5.78. The van der Waals surface area contributed by atoms with Gasteiger partial charge >= 0.3 is 0 Å².